The van der Waals surface area contributed by atoms with Crippen molar-refractivity contribution in [3.05, 3.63) is 30.0 Å². The number of halogens is 3. The molecule has 0 bridgehead atoms. The highest BCUT2D eigenvalue weighted by molar-refractivity contribution is 6.06. The zero-order valence-corrected chi connectivity index (χ0v) is 10.8. The van der Waals surface area contributed by atoms with Gasteiger partial charge in [0.05, 0.1) is 12.6 Å². The van der Waals surface area contributed by atoms with E-state index in [1.54, 1.807) is 29.9 Å². The molecule has 0 aliphatic carbocycles. The smallest absolute Gasteiger partial charge is 0.422 e. The summed E-state index contributed by atoms with van der Waals surface area (Å²) in [6, 6.07) is 4.98. The lowest BCUT2D eigenvalue weighted by Gasteiger charge is -2.12. The molecule has 7 heteroatoms. The molecule has 0 aliphatic rings. The van der Waals surface area contributed by atoms with E-state index in [1.807, 2.05) is 0 Å². The molecule has 0 fully saturated rings. The van der Waals surface area contributed by atoms with Gasteiger partial charge in [-0.2, -0.15) is 13.2 Å². The molecular formula is C13H12F3NO3. The Balaban J connectivity index is 2.45. The van der Waals surface area contributed by atoms with Crippen LogP contribution in [0.15, 0.2) is 24.4 Å². The number of carbonyl (C=O) groups is 1. The first-order valence-electron chi connectivity index (χ1n) is 5.69. The molecule has 0 spiro atoms. The minimum absolute atomic E-state index is 0.0123. The maximum Gasteiger partial charge on any atom is 0.422 e. The number of aryl methyl sites for hydroxylation is 1. The fourth-order valence-corrected chi connectivity index (χ4v) is 1.96. The van der Waals surface area contributed by atoms with Gasteiger partial charge in [0.25, 0.3) is 0 Å². The Kier molecular flexibility index (Phi) is 3.61. The normalized spacial score (nSPS) is 11.7. The number of fused-ring (bicyclic) bond motifs is 1. The number of carbonyl (C=O) groups excluding carboxylic acids is 1. The van der Waals surface area contributed by atoms with Gasteiger partial charge in [0, 0.05) is 18.6 Å². The van der Waals surface area contributed by atoms with E-state index in [9.17, 15) is 18.0 Å². The molecule has 0 atom stereocenters. The second kappa shape index (κ2) is 5.07. The topological polar surface area (TPSA) is 40.5 Å². The van der Waals surface area contributed by atoms with Gasteiger partial charge in [0.1, 0.15) is 11.3 Å². The van der Waals surface area contributed by atoms with E-state index in [-0.39, 0.29) is 11.3 Å². The molecule has 1 heterocycles. The Morgan fingerprint density at radius 1 is 1.30 bits per heavy atom. The Morgan fingerprint density at radius 2 is 2.00 bits per heavy atom. The van der Waals surface area contributed by atoms with Crippen molar-refractivity contribution >= 4 is 16.9 Å². The van der Waals surface area contributed by atoms with Crippen LogP contribution in [0.2, 0.25) is 0 Å². The number of benzene rings is 1. The predicted molar refractivity (Wildman–Crippen MR) is 65.8 cm³/mol. The van der Waals surface area contributed by atoms with Crippen LogP contribution in [-0.2, 0) is 11.8 Å². The van der Waals surface area contributed by atoms with Gasteiger partial charge in [-0.25, -0.2) is 4.79 Å². The summed E-state index contributed by atoms with van der Waals surface area (Å²) in [5.74, 6) is -0.891. The van der Waals surface area contributed by atoms with Crippen molar-refractivity contribution in [2.75, 3.05) is 13.7 Å². The van der Waals surface area contributed by atoms with Crippen molar-refractivity contribution < 1.29 is 27.4 Å². The maximum absolute atomic E-state index is 12.1. The fourth-order valence-electron chi connectivity index (χ4n) is 1.96. The summed E-state index contributed by atoms with van der Waals surface area (Å²) in [6.45, 7) is -1.63. The van der Waals surface area contributed by atoms with E-state index in [0.29, 0.717) is 10.9 Å². The molecule has 0 saturated carbocycles. The first kappa shape index (κ1) is 14.2. The van der Waals surface area contributed by atoms with Crippen LogP contribution in [0.5, 0.6) is 5.75 Å². The molecule has 0 radical (unpaired) electrons. The van der Waals surface area contributed by atoms with E-state index in [0.717, 1.165) is 0 Å². The van der Waals surface area contributed by atoms with Crippen LogP contribution < -0.4 is 4.74 Å². The second-order valence-corrected chi connectivity index (χ2v) is 4.20. The van der Waals surface area contributed by atoms with Gasteiger partial charge < -0.3 is 14.0 Å². The number of rotatable bonds is 3. The van der Waals surface area contributed by atoms with Gasteiger partial charge in [-0.05, 0) is 18.2 Å². The van der Waals surface area contributed by atoms with E-state index >= 15 is 0 Å². The maximum atomic E-state index is 12.1. The number of esters is 1. The minimum atomic E-state index is -4.56. The average molecular weight is 287 g/mol. The summed E-state index contributed by atoms with van der Waals surface area (Å²) in [4.78, 5) is 11.9. The molecule has 0 amide bonds. The van der Waals surface area contributed by atoms with Gasteiger partial charge in [-0.3, -0.25) is 0 Å². The summed E-state index contributed by atoms with van der Waals surface area (Å²) >= 11 is 0. The Bertz CT molecular complexity index is 646. The quantitative estimate of drug-likeness (QED) is 0.815. The molecule has 0 unspecified atom stereocenters. The summed E-state index contributed by atoms with van der Waals surface area (Å²) < 4.78 is 47.4. The van der Waals surface area contributed by atoms with Crippen LogP contribution in [0.4, 0.5) is 13.2 Å². The first-order valence-corrected chi connectivity index (χ1v) is 5.69. The number of hydrogen-bond donors (Lipinski definition) is 0. The van der Waals surface area contributed by atoms with Crippen molar-refractivity contribution in [1.82, 2.24) is 4.57 Å². The lowest BCUT2D eigenvalue weighted by atomic mass is 10.1. The zero-order chi connectivity index (χ0) is 14.9. The van der Waals surface area contributed by atoms with Crippen LogP contribution in [0.1, 0.15) is 10.4 Å². The lowest BCUT2D eigenvalue weighted by Crippen LogP contribution is -2.21. The molecule has 2 aromatic rings. The van der Waals surface area contributed by atoms with Crippen molar-refractivity contribution in [3.63, 3.8) is 0 Å². The highest BCUT2D eigenvalue weighted by atomic mass is 19.4. The Hall–Kier alpha value is -2.18. The van der Waals surface area contributed by atoms with Crippen molar-refractivity contribution in [1.29, 1.82) is 0 Å². The molecule has 1 aromatic heterocycles. The van der Waals surface area contributed by atoms with E-state index in [2.05, 4.69) is 4.74 Å². The molecule has 20 heavy (non-hydrogen) atoms. The Labute approximate surface area is 112 Å². The third-order valence-corrected chi connectivity index (χ3v) is 2.79. The summed E-state index contributed by atoms with van der Waals surface area (Å²) in [6.07, 6.45) is -2.87. The summed E-state index contributed by atoms with van der Waals surface area (Å²) in [5.41, 5.74) is 0.457. The Morgan fingerprint density at radius 3 is 2.60 bits per heavy atom. The van der Waals surface area contributed by atoms with Crippen LogP contribution in [0.3, 0.4) is 0 Å². The highest BCUT2D eigenvalue weighted by Gasteiger charge is 2.31. The second-order valence-electron chi connectivity index (χ2n) is 4.20. The predicted octanol–water partition coefficient (Wildman–Crippen LogP) is 2.91. The van der Waals surface area contributed by atoms with E-state index < -0.39 is 18.8 Å². The van der Waals surface area contributed by atoms with Crippen LogP contribution in [-0.4, -0.2) is 30.4 Å². The van der Waals surface area contributed by atoms with Crippen LogP contribution in [0, 0.1) is 0 Å². The number of ether oxygens (including phenoxy) is 2. The molecule has 4 nitrogen and oxygen atoms in total. The number of methoxy groups -OCH3 is 1. The molecule has 1 aromatic carbocycles. The number of aromatic nitrogens is 1. The fraction of sp³-hybridized carbons (Fsp3) is 0.308. The lowest BCUT2D eigenvalue weighted by molar-refractivity contribution is -0.161. The van der Waals surface area contributed by atoms with Crippen LogP contribution >= 0.6 is 0 Å². The molecule has 108 valence electrons. The van der Waals surface area contributed by atoms with E-state index in [4.69, 9.17) is 4.74 Å². The third kappa shape index (κ3) is 2.71. The monoisotopic (exact) mass is 287 g/mol. The molecule has 0 aliphatic heterocycles. The van der Waals surface area contributed by atoms with E-state index in [1.165, 1.54) is 13.2 Å². The molecule has 2 rings (SSSR count). The highest BCUT2D eigenvalue weighted by Crippen LogP contribution is 2.29. The van der Waals surface area contributed by atoms with Crippen molar-refractivity contribution in [3.8, 4) is 5.75 Å². The number of nitrogens with zero attached hydrogens (tertiary/aromatic N) is 1. The van der Waals surface area contributed by atoms with Gasteiger partial charge in [-0.15, -0.1) is 0 Å². The zero-order valence-electron chi connectivity index (χ0n) is 10.8. The molecular weight excluding hydrogens is 275 g/mol. The van der Waals surface area contributed by atoms with Gasteiger partial charge in [-0.1, -0.05) is 0 Å². The summed E-state index contributed by atoms with van der Waals surface area (Å²) in [5, 5.41) is 0.715. The van der Waals surface area contributed by atoms with Crippen molar-refractivity contribution in [2.45, 2.75) is 6.18 Å². The van der Waals surface area contributed by atoms with Gasteiger partial charge in [0.15, 0.2) is 6.61 Å². The standard InChI is InChI=1S/C13H12F3NO3/c1-17-6-5-8-3-4-9(19-2)10(11(8)17)12(18)20-7-13(14,15)16/h3-6H,7H2,1-2H3. The average Bonchev–Trinajstić information content (AvgIpc) is 2.76. The molecule has 0 N–H and O–H groups in total. The van der Waals surface area contributed by atoms with Gasteiger partial charge >= 0.3 is 12.1 Å². The number of alkyl halides is 3. The SMILES string of the molecule is COc1ccc2ccn(C)c2c1C(=O)OCC(F)(F)F. The molecule has 0 saturated heterocycles. The van der Waals surface area contributed by atoms with Crippen LogP contribution in [0.25, 0.3) is 10.9 Å². The third-order valence-electron chi connectivity index (χ3n) is 2.79. The first-order chi connectivity index (χ1) is 9.33. The van der Waals surface area contributed by atoms with Crippen molar-refractivity contribution in [2.24, 2.45) is 7.05 Å². The summed E-state index contributed by atoms with van der Waals surface area (Å²) in [7, 11) is 3.02. The minimum Gasteiger partial charge on any atom is -0.496 e. The van der Waals surface area contributed by atoms with Gasteiger partial charge in [0.2, 0.25) is 0 Å². The largest absolute Gasteiger partial charge is 0.496 e. The number of hydrogen-bond acceptors (Lipinski definition) is 3.